The topological polar surface area (TPSA) is 81.3 Å². The van der Waals surface area contributed by atoms with E-state index < -0.39 is 6.10 Å². The number of ether oxygens (including phenoxy) is 1. The van der Waals surface area contributed by atoms with Gasteiger partial charge in [0, 0.05) is 13.3 Å². The van der Waals surface area contributed by atoms with E-state index in [1.54, 1.807) is 19.4 Å². The second kappa shape index (κ2) is 5.72. The maximum Gasteiger partial charge on any atom is 0.261 e. The lowest BCUT2D eigenvalue weighted by molar-refractivity contribution is 0.126. The molecule has 3 aromatic rings. The lowest BCUT2D eigenvalue weighted by Crippen LogP contribution is -2.05. The Morgan fingerprint density at radius 3 is 2.71 bits per heavy atom. The highest BCUT2D eigenvalue weighted by molar-refractivity contribution is 5.60. The van der Waals surface area contributed by atoms with Gasteiger partial charge in [0.15, 0.2) is 0 Å². The molecule has 106 valence electrons. The minimum atomic E-state index is -0.423. The van der Waals surface area contributed by atoms with Crippen LogP contribution in [0.15, 0.2) is 53.3 Å². The van der Waals surface area contributed by atoms with Crippen molar-refractivity contribution in [2.75, 3.05) is 7.11 Å². The van der Waals surface area contributed by atoms with Crippen LogP contribution < -0.4 is 0 Å². The molecule has 0 bridgehead atoms. The molecule has 21 heavy (non-hydrogen) atoms. The number of nitrogens with zero attached hydrogens (tertiary/aromatic N) is 3. The van der Waals surface area contributed by atoms with E-state index in [1.807, 2.05) is 30.3 Å². The Morgan fingerprint density at radius 1 is 1.19 bits per heavy atom. The molecule has 2 aromatic heterocycles. The third kappa shape index (κ3) is 2.61. The first kappa shape index (κ1) is 13.3. The summed E-state index contributed by atoms with van der Waals surface area (Å²) in [5.74, 6) is 0.610. The fourth-order valence-electron chi connectivity index (χ4n) is 2.04. The molecule has 0 aliphatic rings. The standard InChI is InChI=1S/C15H13N3O3/c1-20-13(10-5-3-2-4-6-10)14-17-15(21-18-14)11-7-8-16-9-12(11)19/h2-9,13,19H,1H3. The molecule has 0 aliphatic heterocycles. The van der Waals surface area contributed by atoms with Crippen LogP contribution >= 0.6 is 0 Å². The smallest absolute Gasteiger partial charge is 0.261 e. The third-order valence-electron chi connectivity index (χ3n) is 3.04. The molecule has 0 saturated heterocycles. The monoisotopic (exact) mass is 283 g/mol. The lowest BCUT2D eigenvalue weighted by atomic mass is 10.1. The molecule has 6 heteroatoms. The van der Waals surface area contributed by atoms with Crippen LogP contribution in [0.25, 0.3) is 11.5 Å². The highest BCUT2D eigenvalue weighted by Gasteiger charge is 2.21. The van der Waals surface area contributed by atoms with E-state index in [1.165, 1.54) is 6.20 Å². The van der Waals surface area contributed by atoms with E-state index >= 15 is 0 Å². The number of aromatic hydroxyl groups is 1. The number of aromatic nitrogens is 3. The SMILES string of the molecule is COC(c1ccccc1)c1noc(-c2ccncc2O)n1. The molecule has 1 aromatic carbocycles. The van der Waals surface area contributed by atoms with Crippen molar-refractivity contribution in [1.29, 1.82) is 0 Å². The molecule has 0 aliphatic carbocycles. The van der Waals surface area contributed by atoms with E-state index in [-0.39, 0.29) is 11.6 Å². The van der Waals surface area contributed by atoms with Crippen molar-refractivity contribution in [3.05, 3.63) is 60.2 Å². The van der Waals surface area contributed by atoms with Crippen molar-refractivity contribution in [2.45, 2.75) is 6.10 Å². The Balaban J connectivity index is 1.96. The minimum absolute atomic E-state index is 0.0126. The van der Waals surface area contributed by atoms with Gasteiger partial charge in [-0.2, -0.15) is 4.98 Å². The predicted octanol–water partition coefficient (Wildman–Crippen LogP) is 2.57. The van der Waals surface area contributed by atoms with Crippen LogP contribution in [0.5, 0.6) is 5.75 Å². The molecule has 2 heterocycles. The first-order valence-electron chi connectivity index (χ1n) is 6.34. The zero-order chi connectivity index (χ0) is 14.7. The van der Waals surface area contributed by atoms with Crippen molar-refractivity contribution >= 4 is 0 Å². The summed E-state index contributed by atoms with van der Waals surface area (Å²) in [6, 6.07) is 11.2. The Hall–Kier alpha value is -2.73. The highest BCUT2D eigenvalue weighted by atomic mass is 16.5. The molecular weight excluding hydrogens is 270 g/mol. The van der Waals surface area contributed by atoms with Gasteiger partial charge in [-0.05, 0) is 11.6 Å². The summed E-state index contributed by atoms with van der Waals surface area (Å²) in [6.45, 7) is 0. The number of pyridine rings is 1. The Bertz CT molecular complexity index is 728. The average Bonchev–Trinajstić information content (AvgIpc) is 2.99. The fraction of sp³-hybridized carbons (Fsp3) is 0.133. The molecule has 0 saturated carbocycles. The van der Waals surface area contributed by atoms with Gasteiger partial charge < -0.3 is 14.4 Å². The summed E-state index contributed by atoms with van der Waals surface area (Å²) < 4.78 is 10.6. The summed E-state index contributed by atoms with van der Waals surface area (Å²) in [6.07, 6.45) is 2.45. The summed E-state index contributed by atoms with van der Waals surface area (Å²) in [5, 5.41) is 13.7. The van der Waals surface area contributed by atoms with Gasteiger partial charge in [0.2, 0.25) is 5.82 Å². The van der Waals surface area contributed by atoms with E-state index in [4.69, 9.17) is 9.26 Å². The van der Waals surface area contributed by atoms with Crippen LogP contribution in [0, 0.1) is 0 Å². The minimum Gasteiger partial charge on any atom is -0.505 e. The van der Waals surface area contributed by atoms with Crippen molar-refractivity contribution < 1.29 is 14.4 Å². The normalized spacial score (nSPS) is 12.2. The number of hydrogen-bond donors (Lipinski definition) is 1. The molecule has 1 unspecified atom stereocenters. The number of benzene rings is 1. The third-order valence-corrected chi connectivity index (χ3v) is 3.04. The zero-order valence-electron chi connectivity index (χ0n) is 11.3. The predicted molar refractivity (Wildman–Crippen MR) is 74.5 cm³/mol. The summed E-state index contributed by atoms with van der Waals surface area (Å²) in [7, 11) is 1.58. The summed E-state index contributed by atoms with van der Waals surface area (Å²) in [5.41, 5.74) is 1.36. The van der Waals surface area contributed by atoms with Crippen LogP contribution in [-0.2, 0) is 4.74 Å². The Labute approximate surface area is 121 Å². The quantitative estimate of drug-likeness (QED) is 0.792. The Kier molecular flexibility index (Phi) is 3.61. The average molecular weight is 283 g/mol. The molecule has 3 rings (SSSR count). The van der Waals surface area contributed by atoms with Crippen LogP contribution in [0.3, 0.4) is 0 Å². The van der Waals surface area contributed by atoms with E-state index in [0.717, 1.165) is 5.56 Å². The highest BCUT2D eigenvalue weighted by Crippen LogP contribution is 2.29. The van der Waals surface area contributed by atoms with Crippen molar-refractivity contribution in [3.63, 3.8) is 0 Å². The maximum absolute atomic E-state index is 9.76. The van der Waals surface area contributed by atoms with Crippen LogP contribution in [-0.4, -0.2) is 27.3 Å². The van der Waals surface area contributed by atoms with Gasteiger partial charge in [-0.25, -0.2) is 0 Å². The molecule has 1 atom stereocenters. The second-order valence-electron chi connectivity index (χ2n) is 4.38. The first-order chi connectivity index (χ1) is 10.3. The molecule has 0 amide bonds. The van der Waals surface area contributed by atoms with Crippen molar-refractivity contribution in [3.8, 4) is 17.2 Å². The van der Waals surface area contributed by atoms with E-state index in [2.05, 4.69) is 15.1 Å². The summed E-state index contributed by atoms with van der Waals surface area (Å²) >= 11 is 0. The van der Waals surface area contributed by atoms with E-state index in [0.29, 0.717) is 11.4 Å². The van der Waals surface area contributed by atoms with Gasteiger partial charge in [-0.1, -0.05) is 35.5 Å². The Morgan fingerprint density at radius 2 is 2.00 bits per heavy atom. The fourth-order valence-corrected chi connectivity index (χ4v) is 2.04. The van der Waals surface area contributed by atoms with Crippen molar-refractivity contribution in [2.24, 2.45) is 0 Å². The molecule has 0 radical (unpaired) electrons. The van der Waals surface area contributed by atoms with Gasteiger partial charge in [-0.15, -0.1) is 0 Å². The van der Waals surface area contributed by atoms with Crippen LogP contribution in [0.4, 0.5) is 0 Å². The zero-order valence-corrected chi connectivity index (χ0v) is 11.3. The number of rotatable bonds is 4. The second-order valence-corrected chi connectivity index (χ2v) is 4.38. The molecule has 0 fully saturated rings. The van der Waals surface area contributed by atoms with Gasteiger partial charge in [0.25, 0.3) is 5.89 Å². The van der Waals surface area contributed by atoms with Crippen LogP contribution in [0.1, 0.15) is 17.5 Å². The van der Waals surface area contributed by atoms with Gasteiger partial charge >= 0.3 is 0 Å². The molecule has 6 nitrogen and oxygen atoms in total. The summed E-state index contributed by atoms with van der Waals surface area (Å²) in [4.78, 5) is 8.11. The first-order valence-corrected chi connectivity index (χ1v) is 6.34. The van der Waals surface area contributed by atoms with E-state index in [9.17, 15) is 5.11 Å². The largest absolute Gasteiger partial charge is 0.505 e. The number of hydrogen-bond acceptors (Lipinski definition) is 6. The lowest BCUT2D eigenvalue weighted by Gasteiger charge is -2.10. The molecule has 0 spiro atoms. The number of methoxy groups -OCH3 is 1. The molecule has 1 N–H and O–H groups in total. The molecular formula is C15H13N3O3. The van der Waals surface area contributed by atoms with Gasteiger partial charge in [-0.3, -0.25) is 4.98 Å². The maximum atomic E-state index is 9.76. The van der Waals surface area contributed by atoms with Gasteiger partial charge in [0.05, 0.1) is 11.8 Å². The van der Waals surface area contributed by atoms with Crippen molar-refractivity contribution in [1.82, 2.24) is 15.1 Å². The van der Waals surface area contributed by atoms with Gasteiger partial charge in [0.1, 0.15) is 11.9 Å². The van der Waals surface area contributed by atoms with Crippen LogP contribution in [0.2, 0.25) is 0 Å².